The van der Waals surface area contributed by atoms with Gasteiger partial charge in [-0.1, -0.05) is 18.2 Å². The van der Waals surface area contributed by atoms with Gasteiger partial charge in [0.2, 0.25) is 6.10 Å². The maximum atomic E-state index is 12.7. The van der Waals surface area contributed by atoms with Gasteiger partial charge in [0.1, 0.15) is 12.4 Å². The van der Waals surface area contributed by atoms with Gasteiger partial charge in [0.15, 0.2) is 11.5 Å². The van der Waals surface area contributed by atoms with E-state index in [2.05, 4.69) is 10.9 Å². The Morgan fingerprint density at radius 2 is 1.81 bits per heavy atom. The van der Waals surface area contributed by atoms with Crippen LogP contribution in [-0.4, -0.2) is 36.2 Å². The van der Waals surface area contributed by atoms with Crippen molar-refractivity contribution in [1.82, 2.24) is 15.4 Å². The number of methoxy groups -OCH3 is 1. The number of hydrogen-bond donors (Lipinski definition) is 2. The standard InChI is InChI=1S/C23H23N3O5/c1-14-11-18(15(2)26(14)16-7-6-8-17(12-16)29-3)22(27)24-25-23(28)21-13-30-19-9-4-5-10-20(19)31-21/h4-12,21H,13H2,1-3H3,(H,24,27)(H,25,28). The molecular formula is C23H23N3O5. The van der Waals surface area contributed by atoms with Crippen molar-refractivity contribution in [3.8, 4) is 22.9 Å². The van der Waals surface area contributed by atoms with Crippen molar-refractivity contribution in [2.75, 3.05) is 13.7 Å². The summed E-state index contributed by atoms with van der Waals surface area (Å²) in [5, 5.41) is 0. The second-order valence-electron chi connectivity index (χ2n) is 7.13. The van der Waals surface area contributed by atoms with Gasteiger partial charge in [-0.3, -0.25) is 20.4 Å². The molecule has 4 rings (SSSR count). The Morgan fingerprint density at radius 3 is 2.58 bits per heavy atom. The van der Waals surface area contributed by atoms with E-state index in [1.807, 2.05) is 48.7 Å². The highest BCUT2D eigenvalue weighted by Crippen LogP contribution is 2.30. The number of hydrogen-bond acceptors (Lipinski definition) is 5. The molecule has 1 aliphatic rings. The highest BCUT2D eigenvalue weighted by molar-refractivity contribution is 5.97. The van der Waals surface area contributed by atoms with E-state index in [9.17, 15) is 9.59 Å². The maximum Gasteiger partial charge on any atom is 0.283 e. The first-order valence-electron chi connectivity index (χ1n) is 9.80. The molecule has 2 heterocycles. The third-order valence-electron chi connectivity index (χ3n) is 5.09. The molecule has 8 heteroatoms. The molecule has 0 aliphatic carbocycles. The van der Waals surface area contributed by atoms with Crippen LogP contribution in [0.5, 0.6) is 17.2 Å². The van der Waals surface area contributed by atoms with Gasteiger partial charge < -0.3 is 18.8 Å². The Morgan fingerprint density at radius 1 is 1.03 bits per heavy atom. The number of nitrogens with zero attached hydrogens (tertiary/aromatic N) is 1. The van der Waals surface area contributed by atoms with Gasteiger partial charge in [0.05, 0.1) is 12.7 Å². The number of aromatic nitrogens is 1. The molecule has 0 spiro atoms. The summed E-state index contributed by atoms with van der Waals surface area (Å²) in [5.41, 5.74) is 7.83. The quantitative estimate of drug-likeness (QED) is 0.632. The molecule has 160 valence electrons. The van der Waals surface area contributed by atoms with Crippen LogP contribution in [0.25, 0.3) is 5.69 Å². The fourth-order valence-corrected chi connectivity index (χ4v) is 3.55. The molecule has 0 fully saturated rings. The van der Waals surface area contributed by atoms with Crippen LogP contribution in [0.4, 0.5) is 0 Å². The summed E-state index contributed by atoms with van der Waals surface area (Å²) in [4.78, 5) is 25.2. The molecule has 1 atom stereocenters. The summed E-state index contributed by atoms with van der Waals surface area (Å²) in [6.45, 7) is 3.81. The summed E-state index contributed by atoms with van der Waals surface area (Å²) in [6.07, 6.45) is -0.862. The van der Waals surface area contributed by atoms with Gasteiger partial charge in [-0.15, -0.1) is 0 Å². The lowest BCUT2D eigenvalue weighted by Gasteiger charge is -2.25. The predicted molar refractivity (Wildman–Crippen MR) is 114 cm³/mol. The van der Waals surface area contributed by atoms with Gasteiger partial charge in [-0.2, -0.15) is 0 Å². The lowest BCUT2D eigenvalue weighted by atomic mass is 10.2. The molecule has 1 unspecified atom stereocenters. The second-order valence-corrected chi connectivity index (χ2v) is 7.13. The Labute approximate surface area is 179 Å². The minimum atomic E-state index is -0.862. The molecule has 3 aromatic rings. The van der Waals surface area contributed by atoms with Crippen molar-refractivity contribution in [3.05, 3.63) is 71.5 Å². The average Bonchev–Trinajstić information content (AvgIpc) is 3.10. The topological polar surface area (TPSA) is 90.8 Å². The molecule has 0 saturated carbocycles. The van der Waals surface area contributed by atoms with Crippen molar-refractivity contribution in [1.29, 1.82) is 0 Å². The van der Waals surface area contributed by atoms with Crippen molar-refractivity contribution < 1.29 is 23.8 Å². The highest BCUT2D eigenvalue weighted by atomic mass is 16.6. The average molecular weight is 421 g/mol. The highest BCUT2D eigenvalue weighted by Gasteiger charge is 2.28. The lowest BCUT2D eigenvalue weighted by Crippen LogP contribution is -2.50. The summed E-state index contributed by atoms with van der Waals surface area (Å²) >= 11 is 0. The van der Waals surface area contributed by atoms with Crippen molar-refractivity contribution >= 4 is 11.8 Å². The summed E-state index contributed by atoms with van der Waals surface area (Å²) < 4.78 is 18.4. The molecule has 2 N–H and O–H groups in total. The monoisotopic (exact) mass is 421 g/mol. The summed E-state index contributed by atoms with van der Waals surface area (Å²) in [7, 11) is 1.61. The number of fused-ring (bicyclic) bond motifs is 1. The van der Waals surface area contributed by atoms with E-state index in [1.165, 1.54) is 0 Å². The number of carbonyl (C=O) groups excluding carboxylic acids is 2. The fraction of sp³-hybridized carbons (Fsp3) is 0.217. The van der Waals surface area contributed by atoms with Gasteiger partial charge >= 0.3 is 0 Å². The molecule has 1 aromatic heterocycles. The number of hydrazine groups is 1. The van der Waals surface area contributed by atoms with E-state index >= 15 is 0 Å². The van der Waals surface area contributed by atoms with E-state index in [4.69, 9.17) is 14.2 Å². The van der Waals surface area contributed by atoms with Gasteiger partial charge in [-0.25, -0.2) is 0 Å². The number of amides is 2. The number of rotatable bonds is 4. The molecule has 1 aliphatic heterocycles. The van der Waals surface area contributed by atoms with E-state index in [0.29, 0.717) is 17.1 Å². The molecule has 8 nitrogen and oxygen atoms in total. The van der Waals surface area contributed by atoms with Crippen LogP contribution in [0, 0.1) is 13.8 Å². The fourth-order valence-electron chi connectivity index (χ4n) is 3.55. The Kier molecular flexibility index (Phi) is 5.53. The SMILES string of the molecule is COc1cccc(-n2c(C)cc(C(=O)NNC(=O)C3COc4ccccc4O3)c2C)c1. The van der Waals surface area contributed by atoms with Crippen LogP contribution in [0.1, 0.15) is 21.7 Å². The minimum Gasteiger partial charge on any atom is -0.497 e. The first-order chi connectivity index (χ1) is 15.0. The molecule has 0 radical (unpaired) electrons. The number of para-hydroxylation sites is 2. The predicted octanol–water partition coefficient (Wildman–Crippen LogP) is 2.70. The number of benzene rings is 2. The van der Waals surface area contributed by atoms with Crippen LogP contribution >= 0.6 is 0 Å². The lowest BCUT2D eigenvalue weighted by molar-refractivity contribution is -0.131. The molecular weight excluding hydrogens is 398 g/mol. The van der Waals surface area contributed by atoms with E-state index < -0.39 is 17.9 Å². The summed E-state index contributed by atoms with van der Waals surface area (Å²) in [6, 6.07) is 16.4. The number of nitrogens with one attached hydrogen (secondary N) is 2. The molecule has 2 amide bonds. The summed E-state index contributed by atoms with van der Waals surface area (Å²) in [5.74, 6) is 0.874. The van der Waals surface area contributed by atoms with Crippen LogP contribution in [0.2, 0.25) is 0 Å². The third kappa shape index (κ3) is 4.05. The van der Waals surface area contributed by atoms with Crippen molar-refractivity contribution in [3.63, 3.8) is 0 Å². The van der Waals surface area contributed by atoms with Crippen LogP contribution in [0.3, 0.4) is 0 Å². The molecule has 0 bridgehead atoms. The largest absolute Gasteiger partial charge is 0.497 e. The Hall–Kier alpha value is -3.94. The number of carbonyl (C=O) groups is 2. The number of aryl methyl sites for hydroxylation is 1. The first-order valence-corrected chi connectivity index (χ1v) is 9.80. The smallest absolute Gasteiger partial charge is 0.283 e. The minimum absolute atomic E-state index is 0.0586. The van der Waals surface area contributed by atoms with Gasteiger partial charge in [0.25, 0.3) is 11.8 Å². The van der Waals surface area contributed by atoms with Crippen molar-refractivity contribution in [2.24, 2.45) is 0 Å². The van der Waals surface area contributed by atoms with E-state index in [1.54, 1.807) is 31.4 Å². The van der Waals surface area contributed by atoms with Crippen LogP contribution in [0.15, 0.2) is 54.6 Å². The maximum absolute atomic E-state index is 12.7. The third-order valence-corrected chi connectivity index (χ3v) is 5.09. The zero-order valence-electron chi connectivity index (χ0n) is 17.5. The molecule has 0 saturated heterocycles. The van der Waals surface area contributed by atoms with Crippen LogP contribution in [-0.2, 0) is 4.79 Å². The normalized spacial score (nSPS) is 14.6. The second kappa shape index (κ2) is 8.43. The van der Waals surface area contributed by atoms with Crippen molar-refractivity contribution in [2.45, 2.75) is 20.0 Å². The van der Waals surface area contributed by atoms with Crippen LogP contribution < -0.4 is 25.1 Å². The van der Waals surface area contributed by atoms with E-state index in [0.717, 1.165) is 22.8 Å². The molecule has 31 heavy (non-hydrogen) atoms. The zero-order valence-corrected chi connectivity index (χ0v) is 17.5. The van der Waals surface area contributed by atoms with Gasteiger partial charge in [-0.05, 0) is 44.2 Å². The number of ether oxygens (including phenoxy) is 3. The van der Waals surface area contributed by atoms with Gasteiger partial charge in [0, 0.05) is 23.1 Å². The van der Waals surface area contributed by atoms with E-state index in [-0.39, 0.29) is 6.61 Å². The zero-order chi connectivity index (χ0) is 22.0. The molecule has 2 aromatic carbocycles. The first kappa shape index (κ1) is 20.3. The Balaban J connectivity index is 1.44. The Bertz CT molecular complexity index is 1140.